The fourth-order valence-electron chi connectivity index (χ4n) is 4.09. The highest BCUT2D eigenvalue weighted by Crippen LogP contribution is 2.47. The maximum Gasteiger partial charge on any atom is 0.508 e. The van der Waals surface area contributed by atoms with Crippen LogP contribution in [-0.2, 0) is 35.1 Å². The molecule has 10 nitrogen and oxygen atoms in total. The molecule has 0 aromatic heterocycles. The molecule has 1 saturated heterocycles. The van der Waals surface area contributed by atoms with E-state index in [-0.39, 0.29) is 31.4 Å². The van der Waals surface area contributed by atoms with E-state index in [4.69, 9.17) is 24.7 Å². The van der Waals surface area contributed by atoms with Gasteiger partial charge in [0.25, 0.3) is 0 Å². The minimum absolute atomic E-state index is 0.0134. The molecule has 0 unspecified atom stereocenters. The maximum absolute atomic E-state index is 13.0. The van der Waals surface area contributed by atoms with Crippen molar-refractivity contribution >= 4 is 29.7 Å². The molecule has 180 valence electrons. The van der Waals surface area contributed by atoms with Crippen LogP contribution in [-0.4, -0.2) is 54.4 Å². The van der Waals surface area contributed by atoms with Crippen molar-refractivity contribution < 1.29 is 38.1 Å². The SMILES string of the molecule is C=CCOC(=O)O[C@H](C)[C@H]1C(=O)N2C(C(=O)OCC=C)=C(c3cccc(COC(N)=O)c3)C[C@H]12. The van der Waals surface area contributed by atoms with E-state index in [0.717, 1.165) is 0 Å². The van der Waals surface area contributed by atoms with Crippen LogP contribution in [0.3, 0.4) is 0 Å². The van der Waals surface area contributed by atoms with E-state index in [0.29, 0.717) is 23.1 Å². The molecule has 3 atom stereocenters. The van der Waals surface area contributed by atoms with Crippen LogP contribution >= 0.6 is 0 Å². The van der Waals surface area contributed by atoms with Crippen LogP contribution in [0.15, 0.2) is 55.3 Å². The maximum atomic E-state index is 13.0. The average Bonchev–Trinajstić information content (AvgIpc) is 3.15. The van der Waals surface area contributed by atoms with E-state index in [9.17, 15) is 19.2 Å². The Labute approximate surface area is 196 Å². The number of esters is 1. The lowest BCUT2D eigenvalue weighted by Gasteiger charge is -2.45. The lowest BCUT2D eigenvalue weighted by molar-refractivity contribution is -0.162. The first-order valence-corrected chi connectivity index (χ1v) is 10.6. The number of hydrogen-bond donors (Lipinski definition) is 1. The zero-order valence-electron chi connectivity index (χ0n) is 18.7. The van der Waals surface area contributed by atoms with E-state index in [1.807, 2.05) is 0 Å². The number of hydrogen-bond acceptors (Lipinski definition) is 8. The van der Waals surface area contributed by atoms with Crippen molar-refractivity contribution in [3.8, 4) is 0 Å². The Balaban J connectivity index is 1.86. The number of rotatable bonds is 10. The summed E-state index contributed by atoms with van der Waals surface area (Å²) in [4.78, 5) is 50.1. The Morgan fingerprint density at radius 3 is 2.56 bits per heavy atom. The number of primary amides is 1. The van der Waals surface area contributed by atoms with Crippen molar-refractivity contribution in [2.45, 2.75) is 32.1 Å². The number of ether oxygens (including phenoxy) is 4. The molecule has 2 heterocycles. The van der Waals surface area contributed by atoms with E-state index in [1.54, 1.807) is 31.2 Å². The first-order valence-electron chi connectivity index (χ1n) is 10.6. The van der Waals surface area contributed by atoms with Crippen molar-refractivity contribution in [3.63, 3.8) is 0 Å². The minimum atomic E-state index is -0.905. The Morgan fingerprint density at radius 2 is 1.88 bits per heavy atom. The Kier molecular flexibility index (Phi) is 7.72. The van der Waals surface area contributed by atoms with Gasteiger partial charge in [-0.2, -0.15) is 0 Å². The molecule has 1 aromatic carbocycles. The van der Waals surface area contributed by atoms with Crippen LogP contribution in [0.5, 0.6) is 0 Å². The fourth-order valence-corrected chi connectivity index (χ4v) is 4.09. The van der Waals surface area contributed by atoms with Gasteiger partial charge >= 0.3 is 18.2 Å². The van der Waals surface area contributed by atoms with Gasteiger partial charge in [-0.3, -0.25) is 4.79 Å². The molecule has 2 aliphatic rings. The number of amides is 2. The lowest BCUT2D eigenvalue weighted by atomic mass is 9.82. The minimum Gasteiger partial charge on any atom is -0.457 e. The Hall–Kier alpha value is -4.08. The molecule has 10 heteroatoms. The number of fused-ring (bicyclic) bond motifs is 1. The lowest BCUT2D eigenvalue weighted by Crippen LogP contribution is -2.62. The largest absolute Gasteiger partial charge is 0.508 e. The summed E-state index contributed by atoms with van der Waals surface area (Å²) >= 11 is 0. The predicted octanol–water partition coefficient (Wildman–Crippen LogP) is 2.68. The fraction of sp³-hybridized carbons (Fsp3) is 0.333. The van der Waals surface area contributed by atoms with Crippen molar-refractivity contribution in [1.82, 2.24) is 4.90 Å². The first-order chi connectivity index (χ1) is 16.3. The summed E-state index contributed by atoms with van der Waals surface area (Å²) in [6.07, 6.45) is 0.586. The van der Waals surface area contributed by atoms with Gasteiger partial charge in [-0.15, -0.1) is 0 Å². The molecule has 1 fully saturated rings. The van der Waals surface area contributed by atoms with Gasteiger partial charge in [-0.25, -0.2) is 14.4 Å². The van der Waals surface area contributed by atoms with Gasteiger partial charge in [0.2, 0.25) is 5.91 Å². The standard InChI is InChI=1S/C24H26N2O8/c1-4-9-31-22(28)20-17(16-8-6-7-15(11-16)13-33-23(25)29)12-18-19(21(27)26(18)20)14(3)34-24(30)32-10-5-2/h4-8,11,14,18-19H,1-2,9-10,12-13H2,3H3,(H2,25,29)/t14-,18-,19-/m1/s1. The van der Waals surface area contributed by atoms with E-state index in [2.05, 4.69) is 13.2 Å². The Bertz CT molecular complexity index is 1050. The molecule has 0 aliphatic carbocycles. The second-order valence-electron chi connectivity index (χ2n) is 7.70. The second-order valence-corrected chi connectivity index (χ2v) is 7.70. The van der Waals surface area contributed by atoms with Crippen molar-refractivity contribution in [2.24, 2.45) is 11.7 Å². The summed E-state index contributed by atoms with van der Waals surface area (Å²) in [5.41, 5.74) is 7.08. The number of carbonyl (C=O) groups is 4. The highest BCUT2D eigenvalue weighted by Gasteiger charge is 2.58. The Morgan fingerprint density at radius 1 is 1.18 bits per heavy atom. The van der Waals surface area contributed by atoms with Crippen LogP contribution in [0.4, 0.5) is 9.59 Å². The van der Waals surface area contributed by atoms with Gasteiger partial charge in [0.05, 0.1) is 12.0 Å². The summed E-state index contributed by atoms with van der Waals surface area (Å²) in [7, 11) is 0. The van der Waals surface area contributed by atoms with Gasteiger partial charge in [0.1, 0.15) is 31.6 Å². The molecule has 0 bridgehead atoms. The van der Waals surface area contributed by atoms with Crippen molar-refractivity contribution in [3.05, 3.63) is 66.4 Å². The van der Waals surface area contributed by atoms with E-state index < -0.39 is 36.3 Å². The molecular weight excluding hydrogens is 444 g/mol. The van der Waals surface area contributed by atoms with E-state index >= 15 is 0 Å². The summed E-state index contributed by atoms with van der Waals surface area (Å²) in [6, 6.07) is 6.61. The predicted molar refractivity (Wildman–Crippen MR) is 120 cm³/mol. The zero-order chi connectivity index (χ0) is 24.8. The highest BCUT2D eigenvalue weighted by molar-refractivity contribution is 6.06. The number of nitrogens with zero attached hydrogens (tertiary/aromatic N) is 1. The molecule has 2 amide bonds. The number of benzene rings is 1. The molecule has 1 aromatic rings. The molecule has 2 N–H and O–H groups in total. The van der Waals surface area contributed by atoms with E-state index in [1.165, 1.54) is 17.1 Å². The summed E-state index contributed by atoms with van der Waals surface area (Å²) in [6.45, 7) is 8.52. The molecule has 3 rings (SSSR count). The second kappa shape index (κ2) is 10.7. The third kappa shape index (κ3) is 5.11. The first kappa shape index (κ1) is 24.6. The third-order valence-electron chi connectivity index (χ3n) is 5.50. The van der Waals surface area contributed by atoms with Crippen LogP contribution in [0.1, 0.15) is 24.5 Å². The number of nitrogens with two attached hydrogens (primary N) is 1. The normalized spacial score (nSPS) is 19.4. The van der Waals surface area contributed by atoms with Crippen molar-refractivity contribution in [2.75, 3.05) is 13.2 Å². The summed E-state index contributed by atoms with van der Waals surface area (Å²) < 4.78 is 20.2. The van der Waals surface area contributed by atoms with Gasteiger partial charge in [-0.05, 0) is 36.1 Å². The molecule has 34 heavy (non-hydrogen) atoms. The quantitative estimate of drug-likeness (QED) is 0.239. The zero-order valence-corrected chi connectivity index (χ0v) is 18.7. The summed E-state index contributed by atoms with van der Waals surface area (Å²) in [5.74, 6) is -1.68. The smallest absolute Gasteiger partial charge is 0.457 e. The van der Waals surface area contributed by atoms with Crippen molar-refractivity contribution in [1.29, 1.82) is 0 Å². The van der Waals surface area contributed by atoms with Gasteiger partial charge in [0, 0.05) is 0 Å². The molecule has 0 spiro atoms. The van der Waals surface area contributed by atoms with Gasteiger partial charge in [-0.1, -0.05) is 43.5 Å². The van der Waals surface area contributed by atoms with Gasteiger partial charge < -0.3 is 29.6 Å². The highest BCUT2D eigenvalue weighted by atomic mass is 16.7. The van der Waals surface area contributed by atoms with Crippen LogP contribution in [0.2, 0.25) is 0 Å². The monoisotopic (exact) mass is 470 g/mol. The third-order valence-corrected chi connectivity index (χ3v) is 5.50. The summed E-state index contributed by atoms with van der Waals surface area (Å²) in [5, 5.41) is 0. The van der Waals surface area contributed by atoms with Crippen LogP contribution in [0, 0.1) is 5.92 Å². The van der Waals surface area contributed by atoms with Crippen LogP contribution < -0.4 is 5.73 Å². The topological polar surface area (TPSA) is 134 Å². The van der Waals surface area contributed by atoms with Gasteiger partial charge in [0.15, 0.2) is 0 Å². The molecule has 0 radical (unpaired) electrons. The molecular formula is C24H26N2O8. The number of β-lactam (4-membered cyclic amide) rings is 1. The average molecular weight is 470 g/mol. The van der Waals surface area contributed by atoms with Crippen LogP contribution in [0.25, 0.3) is 5.57 Å². The molecule has 0 saturated carbocycles. The molecule has 2 aliphatic heterocycles. The number of carbonyl (C=O) groups excluding carboxylic acids is 4.